The number of carboxylic acids is 2. The molecule has 112 valence electrons. The maximum atomic E-state index is 10.6. The lowest BCUT2D eigenvalue weighted by molar-refractivity contribution is -0.138. The van der Waals surface area contributed by atoms with E-state index in [0.29, 0.717) is 19.5 Å². The molecule has 0 bridgehead atoms. The van der Waals surface area contributed by atoms with Gasteiger partial charge in [0.2, 0.25) is 0 Å². The minimum atomic E-state index is -0.814. The Morgan fingerprint density at radius 2 is 1.32 bits per heavy atom. The van der Waals surface area contributed by atoms with Crippen LogP contribution in [0.1, 0.15) is 33.1 Å². The van der Waals surface area contributed by atoms with E-state index in [-0.39, 0.29) is 12.8 Å². The van der Waals surface area contributed by atoms with Crippen molar-refractivity contribution in [2.45, 2.75) is 33.1 Å². The molecule has 0 atom stereocenters. The summed E-state index contributed by atoms with van der Waals surface area (Å²) in [6.45, 7) is 8.92. The van der Waals surface area contributed by atoms with Gasteiger partial charge in [-0.1, -0.05) is 13.8 Å². The highest BCUT2D eigenvalue weighted by Crippen LogP contribution is 1.99. The highest BCUT2D eigenvalue weighted by atomic mass is 16.4. The number of carboxylic acid groups (broad SMARTS) is 2. The van der Waals surface area contributed by atoms with Crippen molar-refractivity contribution in [1.82, 2.24) is 9.80 Å². The Bertz CT molecular complexity index is 267. The van der Waals surface area contributed by atoms with E-state index in [1.807, 2.05) is 4.90 Å². The second-order valence-electron chi connectivity index (χ2n) is 4.51. The molecule has 0 radical (unpaired) electrons. The SMILES string of the molecule is CCN(CC)CCN(CCCC(=O)O)CCC(=O)O. The van der Waals surface area contributed by atoms with Gasteiger partial charge in [0.25, 0.3) is 0 Å². The predicted molar refractivity (Wildman–Crippen MR) is 73.4 cm³/mol. The largest absolute Gasteiger partial charge is 0.481 e. The van der Waals surface area contributed by atoms with E-state index in [4.69, 9.17) is 10.2 Å². The number of rotatable bonds is 12. The fourth-order valence-electron chi connectivity index (χ4n) is 1.87. The molecule has 0 fully saturated rings. The molecule has 0 unspecified atom stereocenters. The molecular weight excluding hydrogens is 248 g/mol. The predicted octanol–water partition coefficient (Wildman–Crippen LogP) is 0.970. The van der Waals surface area contributed by atoms with Crippen LogP contribution in [0.4, 0.5) is 0 Å². The summed E-state index contributed by atoms with van der Waals surface area (Å²) < 4.78 is 0. The summed E-state index contributed by atoms with van der Waals surface area (Å²) in [5.41, 5.74) is 0. The van der Waals surface area contributed by atoms with Gasteiger partial charge in [0, 0.05) is 26.1 Å². The third-order valence-corrected chi connectivity index (χ3v) is 3.13. The summed E-state index contributed by atoms with van der Waals surface area (Å²) in [5, 5.41) is 17.3. The van der Waals surface area contributed by atoms with Crippen LogP contribution in [0, 0.1) is 0 Å². The fraction of sp³-hybridized carbons (Fsp3) is 0.846. The van der Waals surface area contributed by atoms with Crippen molar-refractivity contribution >= 4 is 11.9 Å². The van der Waals surface area contributed by atoms with Crippen LogP contribution >= 0.6 is 0 Å². The minimum absolute atomic E-state index is 0.103. The van der Waals surface area contributed by atoms with Crippen LogP contribution in [-0.2, 0) is 9.59 Å². The van der Waals surface area contributed by atoms with Crippen molar-refractivity contribution in [3.05, 3.63) is 0 Å². The van der Waals surface area contributed by atoms with E-state index >= 15 is 0 Å². The molecule has 0 heterocycles. The van der Waals surface area contributed by atoms with Gasteiger partial charge in [0.05, 0.1) is 6.42 Å². The van der Waals surface area contributed by atoms with Crippen LogP contribution in [0.25, 0.3) is 0 Å². The first kappa shape index (κ1) is 17.9. The smallest absolute Gasteiger partial charge is 0.304 e. The Labute approximate surface area is 115 Å². The van der Waals surface area contributed by atoms with Gasteiger partial charge < -0.3 is 20.0 Å². The van der Waals surface area contributed by atoms with E-state index in [2.05, 4.69) is 18.7 Å². The standard InChI is InChI=1S/C13H26N2O4/c1-3-14(4-2)10-11-15(9-7-13(18)19)8-5-6-12(16)17/h3-11H2,1-2H3,(H,16,17)(H,18,19). The van der Waals surface area contributed by atoms with Gasteiger partial charge in [0.1, 0.15) is 0 Å². The summed E-state index contributed by atoms with van der Waals surface area (Å²) >= 11 is 0. The van der Waals surface area contributed by atoms with E-state index in [1.165, 1.54) is 0 Å². The maximum absolute atomic E-state index is 10.6. The lowest BCUT2D eigenvalue weighted by Crippen LogP contribution is -2.36. The molecule has 0 saturated carbocycles. The van der Waals surface area contributed by atoms with Gasteiger partial charge in [-0.25, -0.2) is 0 Å². The van der Waals surface area contributed by atoms with Crippen LogP contribution < -0.4 is 0 Å². The number of aliphatic carboxylic acids is 2. The minimum Gasteiger partial charge on any atom is -0.481 e. The number of likely N-dealkylation sites (N-methyl/N-ethyl adjacent to an activating group) is 1. The summed E-state index contributed by atoms with van der Waals surface area (Å²) in [6.07, 6.45) is 0.799. The molecule has 0 aliphatic heterocycles. The molecule has 6 heteroatoms. The van der Waals surface area contributed by atoms with E-state index in [9.17, 15) is 9.59 Å². The molecule has 0 spiro atoms. The van der Waals surface area contributed by atoms with E-state index in [0.717, 1.165) is 26.2 Å². The average Bonchev–Trinajstić information content (AvgIpc) is 2.35. The zero-order valence-electron chi connectivity index (χ0n) is 12.0. The molecule has 6 nitrogen and oxygen atoms in total. The van der Waals surface area contributed by atoms with Crippen LogP contribution in [0.15, 0.2) is 0 Å². The van der Waals surface area contributed by atoms with Gasteiger partial charge >= 0.3 is 11.9 Å². The Kier molecular flexibility index (Phi) is 10.1. The third kappa shape index (κ3) is 10.5. The molecule has 0 aliphatic rings. The molecule has 0 aliphatic carbocycles. The molecule has 2 N–H and O–H groups in total. The number of carbonyl (C=O) groups is 2. The quantitative estimate of drug-likeness (QED) is 0.552. The van der Waals surface area contributed by atoms with Crippen molar-refractivity contribution in [3.8, 4) is 0 Å². The number of hydrogen-bond donors (Lipinski definition) is 2. The summed E-state index contributed by atoms with van der Waals surface area (Å²) in [6, 6.07) is 0. The first-order chi connectivity index (χ1) is 8.99. The topological polar surface area (TPSA) is 81.1 Å². The maximum Gasteiger partial charge on any atom is 0.304 e. The fourth-order valence-corrected chi connectivity index (χ4v) is 1.87. The van der Waals surface area contributed by atoms with Crippen molar-refractivity contribution < 1.29 is 19.8 Å². The molecule has 0 rings (SSSR count). The van der Waals surface area contributed by atoms with Gasteiger partial charge in [-0.05, 0) is 26.1 Å². The van der Waals surface area contributed by atoms with E-state index in [1.54, 1.807) is 0 Å². The van der Waals surface area contributed by atoms with Crippen LogP contribution in [0.5, 0.6) is 0 Å². The Morgan fingerprint density at radius 1 is 0.789 bits per heavy atom. The second-order valence-corrected chi connectivity index (χ2v) is 4.51. The normalized spacial score (nSPS) is 11.2. The van der Waals surface area contributed by atoms with Crippen molar-refractivity contribution in [1.29, 1.82) is 0 Å². The average molecular weight is 274 g/mol. The Morgan fingerprint density at radius 3 is 1.79 bits per heavy atom. The zero-order valence-corrected chi connectivity index (χ0v) is 12.0. The monoisotopic (exact) mass is 274 g/mol. The summed E-state index contributed by atoms with van der Waals surface area (Å²) in [4.78, 5) is 25.4. The molecule has 0 amide bonds. The second kappa shape index (κ2) is 10.8. The molecule has 0 saturated heterocycles. The van der Waals surface area contributed by atoms with Crippen LogP contribution in [0.3, 0.4) is 0 Å². The Balaban J connectivity index is 4.08. The van der Waals surface area contributed by atoms with Crippen LogP contribution in [-0.4, -0.2) is 71.2 Å². The lowest BCUT2D eigenvalue weighted by Gasteiger charge is -2.25. The molecule has 19 heavy (non-hydrogen) atoms. The molecule has 0 aromatic rings. The number of hydrogen-bond acceptors (Lipinski definition) is 4. The van der Waals surface area contributed by atoms with Gasteiger partial charge in [-0.2, -0.15) is 0 Å². The Hall–Kier alpha value is -1.14. The van der Waals surface area contributed by atoms with Crippen molar-refractivity contribution in [2.75, 3.05) is 39.3 Å². The van der Waals surface area contributed by atoms with Crippen molar-refractivity contribution in [2.24, 2.45) is 0 Å². The summed E-state index contributed by atoms with van der Waals surface area (Å²) in [5.74, 6) is -1.62. The van der Waals surface area contributed by atoms with E-state index < -0.39 is 11.9 Å². The lowest BCUT2D eigenvalue weighted by atomic mass is 10.2. The third-order valence-electron chi connectivity index (χ3n) is 3.13. The highest BCUT2D eigenvalue weighted by molar-refractivity contribution is 5.67. The first-order valence-electron chi connectivity index (χ1n) is 6.87. The van der Waals surface area contributed by atoms with Gasteiger partial charge in [-0.15, -0.1) is 0 Å². The highest BCUT2D eigenvalue weighted by Gasteiger charge is 2.10. The molecule has 0 aromatic carbocycles. The molecular formula is C13H26N2O4. The van der Waals surface area contributed by atoms with Crippen LogP contribution in [0.2, 0.25) is 0 Å². The number of nitrogens with zero attached hydrogens (tertiary/aromatic N) is 2. The molecule has 0 aromatic heterocycles. The van der Waals surface area contributed by atoms with Gasteiger partial charge in [0.15, 0.2) is 0 Å². The van der Waals surface area contributed by atoms with Crippen molar-refractivity contribution in [3.63, 3.8) is 0 Å². The summed E-state index contributed by atoms with van der Waals surface area (Å²) in [7, 11) is 0. The van der Waals surface area contributed by atoms with Gasteiger partial charge in [-0.3, -0.25) is 9.59 Å². The first-order valence-corrected chi connectivity index (χ1v) is 6.87. The zero-order chi connectivity index (χ0) is 14.7.